The van der Waals surface area contributed by atoms with Crippen LogP contribution >= 0.6 is 15.6 Å². The van der Waals surface area contributed by atoms with E-state index in [1.54, 1.807) is 0 Å². The molecule has 0 rings (SSSR count). The standard InChI is InChI=1S/C72H132O17P2/c1-7-10-12-14-16-18-20-22-24-26-28-30-35-42-48-54-69(74)82-60-67(88-71(76)56-50-44-36-31-29-27-25-23-21-19-17-15-13-11-8-2)62-86-90(78,79)84-58-66(73)59-85-91(80,81)87-63-68(61-83-70(75)55-49-43-39-38-40-46-52-64(4)5)89-72(77)57-51-45-37-33-32-34-41-47-53-65(6)9-3/h18-25,64-68,73H,7-17,26-63H2,1-6H3,(H,78,79)(H,80,81)/b20-18-,21-19-,24-22-,25-23-/t65?,66-,67-,68-/m1/s1. The van der Waals surface area contributed by atoms with Crippen molar-refractivity contribution in [2.45, 2.75) is 336 Å². The van der Waals surface area contributed by atoms with E-state index in [2.05, 4.69) is 90.2 Å². The van der Waals surface area contributed by atoms with Crippen LogP contribution in [0.15, 0.2) is 48.6 Å². The third kappa shape index (κ3) is 64.2. The summed E-state index contributed by atoms with van der Waals surface area (Å²) in [7, 11) is -9.93. The molecule has 0 aromatic heterocycles. The number of phosphoric acid groups is 2. The van der Waals surface area contributed by atoms with E-state index in [4.69, 9.17) is 37.0 Å². The van der Waals surface area contributed by atoms with Crippen molar-refractivity contribution >= 4 is 39.5 Å². The number of allylic oxidation sites excluding steroid dienone is 8. The van der Waals surface area contributed by atoms with Gasteiger partial charge >= 0.3 is 39.5 Å². The van der Waals surface area contributed by atoms with Crippen LogP contribution in [0.3, 0.4) is 0 Å². The Balaban J connectivity index is 5.32. The van der Waals surface area contributed by atoms with E-state index in [1.807, 2.05) is 0 Å². The molecule has 0 aliphatic heterocycles. The average Bonchev–Trinajstić information content (AvgIpc) is 3.06. The zero-order valence-electron chi connectivity index (χ0n) is 58.1. The lowest BCUT2D eigenvalue weighted by Crippen LogP contribution is -2.30. The number of aliphatic hydroxyl groups is 1. The summed E-state index contributed by atoms with van der Waals surface area (Å²) in [6.07, 6.45) is 54.5. The summed E-state index contributed by atoms with van der Waals surface area (Å²) in [5, 5.41) is 10.6. The Morgan fingerprint density at radius 3 is 0.978 bits per heavy atom. The van der Waals surface area contributed by atoms with Crippen molar-refractivity contribution in [2.24, 2.45) is 11.8 Å². The highest BCUT2D eigenvalue weighted by molar-refractivity contribution is 7.47. The first kappa shape index (κ1) is 88.0. The second-order valence-corrected chi connectivity index (χ2v) is 28.2. The molecular formula is C72H132O17P2. The molecule has 0 aliphatic carbocycles. The lowest BCUT2D eigenvalue weighted by molar-refractivity contribution is -0.161. The van der Waals surface area contributed by atoms with Gasteiger partial charge in [0.1, 0.15) is 19.3 Å². The third-order valence-electron chi connectivity index (χ3n) is 15.8. The second kappa shape index (κ2) is 63.1. The molecule has 0 amide bonds. The van der Waals surface area contributed by atoms with Crippen LogP contribution in [0.5, 0.6) is 0 Å². The highest BCUT2D eigenvalue weighted by atomic mass is 31.2. The van der Waals surface area contributed by atoms with Crippen molar-refractivity contribution < 1.29 is 80.2 Å². The van der Waals surface area contributed by atoms with Gasteiger partial charge < -0.3 is 33.8 Å². The van der Waals surface area contributed by atoms with E-state index in [9.17, 15) is 43.2 Å². The molecule has 0 aromatic carbocycles. The normalized spacial score (nSPS) is 14.7. The van der Waals surface area contributed by atoms with E-state index in [1.165, 1.54) is 96.3 Å². The van der Waals surface area contributed by atoms with Crippen LogP contribution < -0.4 is 0 Å². The van der Waals surface area contributed by atoms with Crippen molar-refractivity contribution in [3.05, 3.63) is 48.6 Å². The lowest BCUT2D eigenvalue weighted by Gasteiger charge is -2.21. The molecule has 532 valence electrons. The maximum Gasteiger partial charge on any atom is 0.472 e. The number of hydrogen-bond donors (Lipinski definition) is 3. The Bertz CT molecular complexity index is 1960. The van der Waals surface area contributed by atoms with Gasteiger partial charge in [-0.1, -0.05) is 264 Å². The Labute approximate surface area is 553 Å². The van der Waals surface area contributed by atoms with Crippen LogP contribution in [0.2, 0.25) is 0 Å². The van der Waals surface area contributed by atoms with Gasteiger partial charge in [0.15, 0.2) is 12.2 Å². The monoisotopic (exact) mass is 1330 g/mol. The minimum absolute atomic E-state index is 0.0777. The Morgan fingerprint density at radius 1 is 0.363 bits per heavy atom. The number of ether oxygens (including phenoxy) is 4. The fourth-order valence-electron chi connectivity index (χ4n) is 9.83. The maximum atomic E-state index is 13.0. The van der Waals surface area contributed by atoms with E-state index in [0.29, 0.717) is 31.6 Å². The summed E-state index contributed by atoms with van der Waals surface area (Å²) in [6, 6.07) is 0. The first-order chi connectivity index (χ1) is 43.9. The molecule has 0 saturated heterocycles. The second-order valence-electron chi connectivity index (χ2n) is 25.3. The zero-order valence-corrected chi connectivity index (χ0v) is 59.9. The lowest BCUT2D eigenvalue weighted by atomic mass is 9.99. The molecule has 0 aliphatic rings. The molecule has 0 spiro atoms. The fourth-order valence-corrected chi connectivity index (χ4v) is 11.4. The van der Waals surface area contributed by atoms with E-state index < -0.39 is 97.5 Å². The quantitative estimate of drug-likeness (QED) is 0.0169. The van der Waals surface area contributed by atoms with Gasteiger partial charge in [0.25, 0.3) is 0 Å². The summed E-state index contributed by atoms with van der Waals surface area (Å²) < 4.78 is 68.2. The number of unbranched alkanes of at least 4 members (excludes halogenated alkanes) is 30. The molecule has 3 unspecified atom stereocenters. The molecule has 0 bridgehead atoms. The van der Waals surface area contributed by atoms with Gasteiger partial charge in [-0.15, -0.1) is 0 Å². The molecule has 0 heterocycles. The van der Waals surface area contributed by atoms with Crippen LogP contribution in [0.4, 0.5) is 0 Å². The molecule has 0 radical (unpaired) electrons. The van der Waals surface area contributed by atoms with E-state index in [-0.39, 0.29) is 25.7 Å². The topological polar surface area (TPSA) is 237 Å². The maximum absolute atomic E-state index is 13.0. The van der Waals surface area contributed by atoms with Gasteiger partial charge in [-0.3, -0.25) is 37.3 Å². The number of rotatable bonds is 67. The number of aliphatic hydroxyl groups excluding tert-OH is 1. The van der Waals surface area contributed by atoms with Crippen molar-refractivity contribution in [2.75, 3.05) is 39.6 Å². The first-order valence-corrected chi connectivity index (χ1v) is 39.2. The molecule has 19 heteroatoms. The molecule has 6 atom stereocenters. The number of esters is 4. The van der Waals surface area contributed by atoms with Crippen LogP contribution in [0.25, 0.3) is 0 Å². The number of hydrogen-bond acceptors (Lipinski definition) is 15. The smallest absolute Gasteiger partial charge is 0.462 e. The molecule has 0 saturated carbocycles. The molecule has 3 N–H and O–H groups in total. The minimum atomic E-state index is -4.97. The van der Waals surface area contributed by atoms with Crippen LogP contribution in [-0.4, -0.2) is 96.7 Å². The van der Waals surface area contributed by atoms with Crippen molar-refractivity contribution in [1.29, 1.82) is 0 Å². The highest BCUT2D eigenvalue weighted by Crippen LogP contribution is 2.45. The number of phosphoric ester groups is 2. The Kier molecular flexibility index (Phi) is 61.0. The van der Waals surface area contributed by atoms with Gasteiger partial charge in [-0.2, -0.15) is 0 Å². The zero-order chi connectivity index (χ0) is 67.2. The van der Waals surface area contributed by atoms with Crippen molar-refractivity contribution in [3.8, 4) is 0 Å². The average molecular weight is 1330 g/mol. The molecular weight excluding hydrogens is 1200 g/mol. The third-order valence-corrected chi connectivity index (χ3v) is 17.7. The largest absolute Gasteiger partial charge is 0.472 e. The van der Waals surface area contributed by atoms with Crippen LogP contribution in [-0.2, 0) is 65.4 Å². The van der Waals surface area contributed by atoms with Gasteiger partial charge in [0.05, 0.1) is 26.4 Å². The Hall–Kier alpha value is -2.98. The molecule has 0 aromatic rings. The molecule has 17 nitrogen and oxygen atoms in total. The van der Waals surface area contributed by atoms with Gasteiger partial charge in [0.2, 0.25) is 0 Å². The summed E-state index contributed by atoms with van der Waals surface area (Å²) in [5.74, 6) is -0.745. The van der Waals surface area contributed by atoms with Crippen molar-refractivity contribution in [1.82, 2.24) is 0 Å². The van der Waals surface area contributed by atoms with Crippen LogP contribution in [0.1, 0.15) is 318 Å². The number of carbonyl (C=O) groups is 4. The summed E-state index contributed by atoms with van der Waals surface area (Å²) >= 11 is 0. The highest BCUT2D eigenvalue weighted by Gasteiger charge is 2.30. The fraction of sp³-hybridized carbons (Fsp3) is 0.833. The summed E-state index contributed by atoms with van der Waals surface area (Å²) in [5.41, 5.74) is 0. The SMILES string of the molecule is CCCCCC/C=C\C=C/CCCCCCCC(=O)OC[C@H](COP(=O)(O)OC[C@@H](O)COP(=O)(O)OC[C@@H](COC(=O)CCCCCCCCC(C)C)OC(=O)CCCCCCCCCCC(C)CC)OC(=O)CCCCCCC/C=C\C=C/CCCCCC. The Morgan fingerprint density at radius 2 is 0.648 bits per heavy atom. The number of carbonyl (C=O) groups excluding carboxylic acids is 4. The summed E-state index contributed by atoms with van der Waals surface area (Å²) in [4.78, 5) is 72.5. The van der Waals surface area contributed by atoms with Crippen LogP contribution in [0, 0.1) is 11.8 Å². The summed E-state index contributed by atoms with van der Waals surface area (Å²) in [6.45, 7) is 9.33. The molecule has 91 heavy (non-hydrogen) atoms. The molecule has 0 fully saturated rings. The van der Waals surface area contributed by atoms with Gasteiger partial charge in [0, 0.05) is 25.7 Å². The first-order valence-electron chi connectivity index (χ1n) is 36.2. The minimum Gasteiger partial charge on any atom is -0.462 e. The van der Waals surface area contributed by atoms with Gasteiger partial charge in [-0.05, 0) is 88.9 Å². The predicted octanol–water partition coefficient (Wildman–Crippen LogP) is 19.9. The van der Waals surface area contributed by atoms with E-state index >= 15 is 0 Å². The van der Waals surface area contributed by atoms with Crippen molar-refractivity contribution in [3.63, 3.8) is 0 Å². The predicted molar refractivity (Wildman–Crippen MR) is 367 cm³/mol. The van der Waals surface area contributed by atoms with E-state index in [0.717, 1.165) is 134 Å². The van der Waals surface area contributed by atoms with Gasteiger partial charge in [-0.25, -0.2) is 9.13 Å².